The second-order valence-corrected chi connectivity index (χ2v) is 6.40. The van der Waals surface area contributed by atoms with Gasteiger partial charge in [0.2, 0.25) is 0 Å². The molecule has 1 aromatic heterocycles. The third-order valence-corrected chi connectivity index (χ3v) is 4.08. The van der Waals surface area contributed by atoms with Crippen LogP contribution in [-0.4, -0.2) is 17.0 Å². The number of benzene rings is 1. The smallest absolute Gasteiger partial charge is 0.338 e. The Morgan fingerprint density at radius 1 is 1.32 bits per heavy atom. The van der Waals surface area contributed by atoms with Gasteiger partial charge in [-0.2, -0.15) is 0 Å². The first-order chi connectivity index (χ1) is 8.97. The van der Waals surface area contributed by atoms with Crippen molar-refractivity contribution in [3.8, 4) is 0 Å². The Morgan fingerprint density at radius 2 is 2.05 bits per heavy atom. The number of carbonyl (C=O) groups excluding carboxylic acids is 1. The van der Waals surface area contributed by atoms with Crippen molar-refractivity contribution < 1.29 is 19.1 Å². The molecule has 0 spiro atoms. The molecule has 0 atom stereocenters. The first-order valence-corrected chi connectivity index (χ1v) is 7.01. The number of hydrogen-bond donors (Lipinski definition) is 2. The van der Waals surface area contributed by atoms with Crippen LogP contribution in [0.25, 0.3) is 0 Å². The Labute approximate surface area is 125 Å². The number of aromatic carboxylic acids is 1. The number of amides is 1. The van der Waals surface area contributed by atoms with Gasteiger partial charge >= 0.3 is 5.97 Å². The molecular weight excluding hydrogens is 384 g/mol. The van der Waals surface area contributed by atoms with E-state index < -0.39 is 17.3 Å². The molecule has 2 rings (SSSR count). The summed E-state index contributed by atoms with van der Waals surface area (Å²) in [6.07, 6.45) is 0. The molecule has 0 saturated heterocycles. The van der Waals surface area contributed by atoms with Gasteiger partial charge in [-0.3, -0.25) is 4.79 Å². The van der Waals surface area contributed by atoms with Crippen LogP contribution >= 0.6 is 33.9 Å². The number of carboxylic acid groups (broad SMARTS) is 1. The predicted molar refractivity (Wildman–Crippen MR) is 78.3 cm³/mol. The van der Waals surface area contributed by atoms with Crippen molar-refractivity contribution in [1.82, 2.24) is 0 Å². The van der Waals surface area contributed by atoms with Crippen LogP contribution in [0.1, 0.15) is 20.7 Å². The second-order valence-electron chi connectivity index (χ2n) is 3.59. The molecule has 2 N–H and O–H groups in total. The second kappa shape index (κ2) is 5.66. The highest BCUT2D eigenvalue weighted by Crippen LogP contribution is 2.19. The van der Waals surface area contributed by atoms with Crippen molar-refractivity contribution in [1.29, 1.82) is 0 Å². The Bertz CT molecular complexity index is 656. The molecule has 4 nitrogen and oxygen atoms in total. The van der Waals surface area contributed by atoms with Gasteiger partial charge in [0.05, 0.1) is 14.0 Å². The van der Waals surface area contributed by atoms with Crippen LogP contribution in [0.5, 0.6) is 0 Å². The molecule has 0 aliphatic carbocycles. The Balaban J connectivity index is 2.18. The molecule has 2 aromatic rings. The average molecular weight is 391 g/mol. The monoisotopic (exact) mass is 391 g/mol. The van der Waals surface area contributed by atoms with E-state index in [1.165, 1.54) is 17.4 Å². The number of halogens is 2. The van der Waals surface area contributed by atoms with Crippen LogP contribution in [0.3, 0.4) is 0 Å². The van der Waals surface area contributed by atoms with Gasteiger partial charge in [0.1, 0.15) is 5.82 Å². The van der Waals surface area contributed by atoms with E-state index in [2.05, 4.69) is 27.9 Å². The van der Waals surface area contributed by atoms with Crippen LogP contribution in [0.15, 0.2) is 29.6 Å². The molecule has 0 radical (unpaired) electrons. The molecule has 7 heteroatoms. The van der Waals surface area contributed by atoms with E-state index in [1.54, 1.807) is 11.4 Å². The molecule has 0 aliphatic rings. The van der Waals surface area contributed by atoms with E-state index in [4.69, 9.17) is 5.11 Å². The number of carbonyl (C=O) groups is 2. The number of nitrogens with one attached hydrogen (secondary N) is 1. The highest BCUT2D eigenvalue weighted by Gasteiger charge is 2.13. The number of hydrogen-bond acceptors (Lipinski definition) is 3. The van der Waals surface area contributed by atoms with E-state index in [0.29, 0.717) is 5.56 Å². The quantitative estimate of drug-likeness (QED) is 0.788. The molecule has 1 aromatic carbocycles. The van der Waals surface area contributed by atoms with Gasteiger partial charge in [-0.15, -0.1) is 11.3 Å². The van der Waals surface area contributed by atoms with Crippen LogP contribution in [0.2, 0.25) is 0 Å². The zero-order valence-corrected chi connectivity index (χ0v) is 12.3. The first kappa shape index (κ1) is 13.9. The molecule has 1 amide bonds. The van der Waals surface area contributed by atoms with Gasteiger partial charge in [-0.1, -0.05) is 0 Å². The predicted octanol–water partition coefficient (Wildman–Crippen LogP) is 3.44. The maximum absolute atomic E-state index is 13.4. The molecule has 0 saturated carbocycles. The number of carboxylic acids is 1. The summed E-state index contributed by atoms with van der Waals surface area (Å²) in [4.78, 5) is 22.5. The largest absolute Gasteiger partial charge is 0.478 e. The van der Waals surface area contributed by atoms with E-state index in [-0.39, 0.29) is 11.6 Å². The van der Waals surface area contributed by atoms with Crippen molar-refractivity contribution in [2.75, 3.05) is 5.32 Å². The van der Waals surface area contributed by atoms with Gasteiger partial charge in [0.15, 0.2) is 0 Å². The number of rotatable bonds is 3. The minimum absolute atomic E-state index is 0.216. The van der Waals surface area contributed by atoms with Gasteiger partial charge in [-0.25, -0.2) is 9.18 Å². The fourth-order valence-electron chi connectivity index (χ4n) is 1.40. The van der Waals surface area contributed by atoms with Gasteiger partial charge < -0.3 is 10.4 Å². The molecule has 0 aliphatic heterocycles. The van der Waals surface area contributed by atoms with Gasteiger partial charge in [-0.05, 0) is 46.9 Å². The maximum Gasteiger partial charge on any atom is 0.338 e. The van der Waals surface area contributed by atoms with Crippen LogP contribution in [-0.2, 0) is 0 Å². The van der Waals surface area contributed by atoms with Crippen LogP contribution in [0, 0.1) is 8.70 Å². The van der Waals surface area contributed by atoms with E-state index in [1.807, 2.05) is 0 Å². The summed E-state index contributed by atoms with van der Waals surface area (Å²) >= 11 is 3.52. The summed E-state index contributed by atoms with van der Waals surface area (Å²) in [6, 6.07) is 5.16. The molecule has 19 heavy (non-hydrogen) atoms. The molecular formula is C12H7FINO3S. The summed E-state index contributed by atoms with van der Waals surface area (Å²) in [7, 11) is 0. The molecule has 98 valence electrons. The van der Waals surface area contributed by atoms with Gasteiger partial charge in [0, 0.05) is 11.1 Å². The summed E-state index contributed by atoms with van der Waals surface area (Å²) in [5.74, 6) is -2.59. The van der Waals surface area contributed by atoms with Crippen LogP contribution < -0.4 is 5.32 Å². The Morgan fingerprint density at radius 3 is 2.58 bits per heavy atom. The molecule has 0 unspecified atom stereocenters. The zero-order chi connectivity index (χ0) is 14.0. The standard InChI is InChI=1S/C12H7FINO3S/c13-9-4-7(1-2-8(9)12(17)18)15-11(16)6-3-10(14)19-5-6/h1-5H,(H,15,16)(H,17,18). The topological polar surface area (TPSA) is 66.4 Å². The third-order valence-electron chi connectivity index (χ3n) is 2.29. The lowest BCUT2D eigenvalue weighted by Crippen LogP contribution is -2.11. The van der Waals surface area contributed by atoms with E-state index >= 15 is 0 Å². The van der Waals surface area contributed by atoms with Crippen molar-refractivity contribution in [3.05, 3.63) is 49.5 Å². The number of anilines is 1. The first-order valence-electron chi connectivity index (χ1n) is 5.05. The van der Waals surface area contributed by atoms with Gasteiger partial charge in [0.25, 0.3) is 5.91 Å². The molecule has 0 fully saturated rings. The summed E-state index contributed by atoms with van der Waals surface area (Å²) in [6.45, 7) is 0. The maximum atomic E-state index is 13.4. The minimum atomic E-state index is -1.34. The van der Waals surface area contributed by atoms with Crippen LogP contribution in [0.4, 0.5) is 10.1 Å². The number of thiophene rings is 1. The van der Waals surface area contributed by atoms with Crippen molar-refractivity contribution in [2.45, 2.75) is 0 Å². The lowest BCUT2D eigenvalue weighted by molar-refractivity contribution is 0.0692. The average Bonchev–Trinajstić information content (AvgIpc) is 2.75. The van der Waals surface area contributed by atoms with Crippen molar-refractivity contribution >= 4 is 51.5 Å². The van der Waals surface area contributed by atoms with E-state index in [9.17, 15) is 14.0 Å². The highest BCUT2D eigenvalue weighted by molar-refractivity contribution is 14.1. The summed E-state index contributed by atoms with van der Waals surface area (Å²) in [5, 5.41) is 12.9. The fraction of sp³-hybridized carbons (Fsp3) is 0. The fourth-order valence-corrected chi connectivity index (χ4v) is 2.73. The normalized spacial score (nSPS) is 10.2. The van der Waals surface area contributed by atoms with Crippen molar-refractivity contribution in [2.24, 2.45) is 0 Å². The summed E-state index contributed by atoms with van der Waals surface area (Å²) in [5.41, 5.74) is 0.272. The SMILES string of the molecule is O=C(Nc1ccc(C(=O)O)c(F)c1)c1csc(I)c1. The molecule has 0 bridgehead atoms. The summed E-state index contributed by atoms with van der Waals surface area (Å²) < 4.78 is 14.4. The Kier molecular flexibility index (Phi) is 4.15. The lowest BCUT2D eigenvalue weighted by atomic mass is 10.2. The minimum Gasteiger partial charge on any atom is -0.478 e. The van der Waals surface area contributed by atoms with E-state index in [0.717, 1.165) is 15.0 Å². The third kappa shape index (κ3) is 3.29. The Hall–Kier alpha value is -1.48. The highest BCUT2D eigenvalue weighted by atomic mass is 127. The zero-order valence-electron chi connectivity index (χ0n) is 9.31. The molecule has 1 heterocycles. The lowest BCUT2D eigenvalue weighted by Gasteiger charge is -2.05. The van der Waals surface area contributed by atoms with Crippen molar-refractivity contribution in [3.63, 3.8) is 0 Å².